The Morgan fingerprint density at radius 3 is 2.70 bits per heavy atom. The minimum absolute atomic E-state index is 0.000863. The highest BCUT2D eigenvalue weighted by atomic mass is 32.1. The number of hydrogen-bond acceptors (Lipinski definition) is 4. The summed E-state index contributed by atoms with van der Waals surface area (Å²) in [5, 5.41) is 2.09. The number of hydrogen-bond donors (Lipinski definition) is 0. The van der Waals surface area contributed by atoms with E-state index in [0.29, 0.717) is 32.0 Å². The number of carbonyl (C=O) groups is 2. The lowest BCUT2D eigenvalue weighted by Gasteiger charge is -2.37. The van der Waals surface area contributed by atoms with Gasteiger partial charge in [-0.25, -0.2) is 0 Å². The molecule has 1 aromatic carbocycles. The molecule has 1 atom stereocenters. The number of benzene rings is 1. The van der Waals surface area contributed by atoms with Gasteiger partial charge in [0.25, 0.3) is 0 Å². The number of carbonyl (C=O) groups excluding carboxylic acids is 2. The van der Waals surface area contributed by atoms with Crippen LogP contribution in [0.5, 0.6) is 5.75 Å². The number of thiophene rings is 1. The molecule has 0 aliphatic carbocycles. The Labute approximate surface area is 183 Å². The number of nitrogens with zero attached hydrogens (tertiary/aromatic N) is 2. The van der Waals surface area contributed by atoms with Gasteiger partial charge in [0.1, 0.15) is 12.4 Å². The molecule has 1 aromatic heterocycles. The number of amides is 2. The van der Waals surface area contributed by atoms with Gasteiger partial charge >= 0.3 is 0 Å². The SMILES string of the molecule is CCC(=O)N(CCC(C)C)CC(=O)N1CCc2sccc2[C@H]1COc1ccccc1. The van der Waals surface area contributed by atoms with E-state index in [1.54, 1.807) is 16.2 Å². The first-order valence-corrected chi connectivity index (χ1v) is 11.7. The Bertz CT molecular complexity index is 834. The van der Waals surface area contributed by atoms with E-state index in [1.165, 1.54) is 10.4 Å². The summed E-state index contributed by atoms with van der Waals surface area (Å²) in [6.07, 6.45) is 2.17. The van der Waals surface area contributed by atoms with E-state index in [9.17, 15) is 9.59 Å². The van der Waals surface area contributed by atoms with E-state index >= 15 is 0 Å². The standard InChI is InChI=1S/C24H32N2O3S/c1-4-23(27)25(13-10-18(2)3)16-24(28)26-14-11-22-20(12-15-30-22)21(26)17-29-19-8-6-5-7-9-19/h5-9,12,15,18,21H,4,10-11,13-14,16-17H2,1-3H3/t21-/m1/s1. The third-order valence-electron chi connectivity index (χ3n) is 5.52. The van der Waals surface area contributed by atoms with Crippen molar-refractivity contribution < 1.29 is 14.3 Å². The molecule has 0 bridgehead atoms. The summed E-state index contributed by atoms with van der Waals surface area (Å²) in [4.78, 5) is 30.7. The monoisotopic (exact) mass is 428 g/mol. The summed E-state index contributed by atoms with van der Waals surface area (Å²) >= 11 is 1.74. The van der Waals surface area contributed by atoms with Gasteiger partial charge in [-0.3, -0.25) is 9.59 Å². The zero-order chi connectivity index (χ0) is 21.5. The van der Waals surface area contributed by atoms with Crippen LogP contribution in [-0.2, 0) is 16.0 Å². The van der Waals surface area contributed by atoms with Crippen molar-refractivity contribution in [1.82, 2.24) is 9.80 Å². The van der Waals surface area contributed by atoms with Gasteiger partial charge in [-0.2, -0.15) is 0 Å². The van der Waals surface area contributed by atoms with Crippen LogP contribution in [0.3, 0.4) is 0 Å². The van der Waals surface area contributed by atoms with E-state index in [2.05, 4.69) is 25.3 Å². The normalized spacial score (nSPS) is 15.7. The third kappa shape index (κ3) is 5.63. The summed E-state index contributed by atoms with van der Waals surface area (Å²) in [5.74, 6) is 1.32. The van der Waals surface area contributed by atoms with Crippen molar-refractivity contribution in [2.24, 2.45) is 5.92 Å². The topological polar surface area (TPSA) is 49.9 Å². The Hall–Kier alpha value is -2.34. The molecule has 0 spiro atoms. The quantitative estimate of drug-likeness (QED) is 0.589. The molecule has 30 heavy (non-hydrogen) atoms. The Balaban J connectivity index is 1.73. The molecule has 2 amide bonds. The number of fused-ring (bicyclic) bond motifs is 1. The van der Waals surface area contributed by atoms with E-state index < -0.39 is 0 Å². The fourth-order valence-electron chi connectivity index (χ4n) is 3.75. The molecule has 0 radical (unpaired) electrons. The molecule has 0 N–H and O–H groups in total. The van der Waals surface area contributed by atoms with Gasteiger partial charge in [0.15, 0.2) is 0 Å². The van der Waals surface area contributed by atoms with Gasteiger partial charge in [0, 0.05) is 24.4 Å². The molecular formula is C24H32N2O3S. The Morgan fingerprint density at radius 1 is 1.23 bits per heavy atom. The molecular weight excluding hydrogens is 396 g/mol. The molecule has 0 fully saturated rings. The molecule has 0 unspecified atom stereocenters. The number of rotatable bonds is 9. The van der Waals surface area contributed by atoms with Gasteiger partial charge in [-0.1, -0.05) is 39.0 Å². The molecule has 5 nitrogen and oxygen atoms in total. The molecule has 2 heterocycles. The maximum atomic E-state index is 13.3. The molecule has 2 aromatic rings. The summed E-state index contributed by atoms with van der Waals surface area (Å²) in [6, 6.07) is 11.7. The Morgan fingerprint density at radius 2 is 2.00 bits per heavy atom. The summed E-state index contributed by atoms with van der Waals surface area (Å²) < 4.78 is 6.03. The first kappa shape index (κ1) is 22.3. The lowest BCUT2D eigenvalue weighted by Crippen LogP contribution is -2.48. The van der Waals surface area contributed by atoms with Gasteiger partial charge in [0.05, 0.1) is 12.6 Å². The van der Waals surface area contributed by atoms with Crippen molar-refractivity contribution in [3.05, 3.63) is 52.2 Å². The molecule has 0 saturated carbocycles. The van der Waals surface area contributed by atoms with E-state index in [-0.39, 0.29) is 24.4 Å². The zero-order valence-corrected chi connectivity index (χ0v) is 19.0. The van der Waals surface area contributed by atoms with Crippen molar-refractivity contribution in [3.63, 3.8) is 0 Å². The van der Waals surface area contributed by atoms with Crippen LogP contribution in [-0.4, -0.2) is 47.9 Å². The first-order valence-electron chi connectivity index (χ1n) is 10.8. The Kier molecular flexibility index (Phi) is 7.91. The van der Waals surface area contributed by atoms with Crippen LogP contribution < -0.4 is 4.74 Å². The predicted octanol–water partition coefficient (Wildman–Crippen LogP) is 4.54. The molecule has 3 rings (SSSR count). The predicted molar refractivity (Wildman–Crippen MR) is 121 cm³/mol. The smallest absolute Gasteiger partial charge is 0.242 e. The van der Waals surface area contributed by atoms with Crippen LogP contribution >= 0.6 is 11.3 Å². The van der Waals surface area contributed by atoms with Gasteiger partial charge in [0.2, 0.25) is 11.8 Å². The number of ether oxygens (including phenoxy) is 1. The fourth-order valence-corrected chi connectivity index (χ4v) is 4.68. The minimum Gasteiger partial charge on any atom is -0.491 e. The maximum Gasteiger partial charge on any atom is 0.242 e. The highest BCUT2D eigenvalue weighted by Gasteiger charge is 2.33. The van der Waals surface area contributed by atoms with Crippen LogP contribution in [0.15, 0.2) is 41.8 Å². The van der Waals surface area contributed by atoms with Crippen molar-refractivity contribution in [2.45, 2.75) is 46.1 Å². The second kappa shape index (κ2) is 10.6. The molecule has 0 saturated heterocycles. The minimum atomic E-state index is -0.128. The average Bonchev–Trinajstić information content (AvgIpc) is 3.23. The van der Waals surface area contributed by atoms with Crippen LogP contribution in [0.25, 0.3) is 0 Å². The summed E-state index contributed by atoms with van der Waals surface area (Å²) in [7, 11) is 0. The van der Waals surface area contributed by atoms with Crippen molar-refractivity contribution in [3.8, 4) is 5.75 Å². The molecule has 1 aliphatic rings. The van der Waals surface area contributed by atoms with Gasteiger partial charge < -0.3 is 14.5 Å². The maximum absolute atomic E-state index is 13.3. The highest BCUT2D eigenvalue weighted by Crippen LogP contribution is 2.34. The van der Waals surface area contributed by atoms with Crippen LogP contribution in [0, 0.1) is 5.92 Å². The molecule has 6 heteroatoms. The van der Waals surface area contributed by atoms with Crippen LogP contribution in [0.4, 0.5) is 0 Å². The summed E-state index contributed by atoms with van der Waals surface area (Å²) in [5.41, 5.74) is 1.17. The molecule has 1 aliphatic heterocycles. The van der Waals surface area contributed by atoms with Crippen LogP contribution in [0.1, 0.15) is 50.1 Å². The van der Waals surface area contributed by atoms with E-state index in [1.807, 2.05) is 42.2 Å². The average molecular weight is 429 g/mol. The lowest BCUT2D eigenvalue weighted by molar-refractivity contribution is -0.142. The summed E-state index contributed by atoms with van der Waals surface area (Å²) in [6.45, 7) is 7.96. The first-order chi connectivity index (χ1) is 14.5. The second-order valence-electron chi connectivity index (χ2n) is 8.13. The van der Waals surface area contributed by atoms with Gasteiger partial charge in [-0.15, -0.1) is 11.3 Å². The lowest BCUT2D eigenvalue weighted by atomic mass is 10.0. The van der Waals surface area contributed by atoms with Crippen molar-refractivity contribution >= 4 is 23.2 Å². The second-order valence-corrected chi connectivity index (χ2v) is 9.13. The van der Waals surface area contributed by atoms with Crippen molar-refractivity contribution in [2.75, 3.05) is 26.2 Å². The van der Waals surface area contributed by atoms with Gasteiger partial charge in [-0.05, 0) is 47.9 Å². The molecule has 162 valence electrons. The highest BCUT2D eigenvalue weighted by molar-refractivity contribution is 7.10. The van der Waals surface area contributed by atoms with E-state index in [0.717, 1.165) is 18.6 Å². The van der Waals surface area contributed by atoms with E-state index in [4.69, 9.17) is 4.74 Å². The third-order valence-corrected chi connectivity index (χ3v) is 6.52. The zero-order valence-electron chi connectivity index (χ0n) is 18.2. The fraction of sp³-hybridized carbons (Fsp3) is 0.500. The number of para-hydroxylation sites is 1. The van der Waals surface area contributed by atoms with Crippen molar-refractivity contribution in [1.29, 1.82) is 0 Å². The largest absolute Gasteiger partial charge is 0.491 e. The van der Waals surface area contributed by atoms with Crippen LogP contribution in [0.2, 0.25) is 0 Å².